The van der Waals surface area contributed by atoms with Crippen molar-refractivity contribution in [3.63, 3.8) is 0 Å². The lowest BCUT2D eigenvalue weighted by atomic mass is 10.1. The molecule has 3 heteroatoms. The van der Waals surface area contributed by atoms with Crippen molar-refractivity contribution in [2.24, 2.45) is 0 Å². The van der Waals surface area contributed by atoms with Gasteiger partial charge < -0.3 is 5.32 Å². The molecule has 1 aromatic carbocycles. The van der Waals surface area contributed by atoms with Gasteiger partial charge in [-0.05, 0) is 31.0 Å². The number of amides is 1. The molecule has 76 valence electrons. The van der Waals surface area contributed by atoms with Crippen molar-refractivity contribution < 1.29 is 4.79 Å². The van der Waals surface area contributed by atoms with E-state index in [1.165, 1.54) is 0 Å². The van der Waals surface area contributed by atoms with Crippen LogP contribution >= 0.6 is 12.6 Å². The first kappa shape index (κ1) is 11.1. The monoisotopic (exact) mass is 209 g/mol. The maximum absolute atomic E-state index is 11.6. The van der Waals surface area contributed by atoms with Gasteiger partial charge in [0.15, 0.2) is 0 Å². The molecule has 0 spiro atoms. The van der Waals surface area contributed by atoms with Gasteiger partial charge in [-0.15, -0.1) is 12.6 Å². The van der Waals surface area contributed by atoms with E-state index in [0.717, 1.165) is 23.4 Å². The average Bonchev–Trinajstić information content (AvgIpc) is 2.18. The average molecular weight is 209 g/mol. The van der Waals surface area contributed by atoms with Gasteiger partial charge in [-0.3, -0.25) is 4.79 Å². The molecule has 1 N–H and O–H groups in total. The third-order valence-corrected chi connectivity index (χ3v) is 2.28. The highest BCUT2D eigenvalue weighted by Crippen LogP contribution is 2.13. The minimum atomic E-state index is -0.0137. The quantitative estimate of drug-likeness (QED) is 0.735. The Hall–Kier alpha value is -0.960. The molecule has 0 atom stereocenters. The Labute approximate surface area is 90.1 Å². The fraction of sp³-hybridized carbons (Fsp3) is 0.364. The molecule has 1 aromatic rings. The normalized spacial score (nSPS) is 9.93. The minimum absolute atomic E-state index is 0.0137. The van der Waals surface area contributed by atoms with E-state index in [4.69, 9.17) is 0 Å². The number of rotatable bonds is 3. The van der Waals surface area contributed by atoms with Crippen molar-refractivity contribution in [3.05, 3.63) is 29.3 Å². The van der Waals surface area contributed by atoms with E-state index in [1.807, 2.05) is 26.0 Å². The molecule has 2 nitrogen and oxygen atoms in total. The number of carbonyl (C=O) groups excluding carboxylic acids is 1. The zero-order valence-electron chi connectivity index (χ0n) is 8.50. The molecule has 0 fully saturated rings. The van der Waals surface area contributed by atoms with Crippen molar-refractivity contribution in [3.8, 4) is 0 Å². The lowest BCUT2D eigenvalue weighted by Crippen LogP contribution is -2.24. The molecule has 0 saturated heterocycles. The summed E-state index contributed by atoms with van der Waals surface area (Å²) in [6.07, 6.45) is 0.950. The maximum Gasteiger partial charge on any atom is 0.251 e. The molecule has 1 rings (SSSR count). The summed E-state index contributed by atoms with van der Waals surface area (Å²) in [4.78, 5) is 12.4. The van der Waals surface area contributed by atoms with Crippen LogP contribution in [0.1, 0.15) is 29.3 Å². The van der Waals surface area contributed by atoms with Crippen LogP contribution in [0.2, 0.25) is 0 Å². The molecule has 0 heterocycles. The van der Waals surface area contributed by atoms with Gasteiger partial charge >= 0.3 is 0 Å². The van der Waals surface area contributed by atoms with Crippen LogP contribution in [0.5, 0.6) is 0 Å². The Morgan fingerprint density at radius 2 is 2.21 bits per heavy atom. The van der Waals surface area contributed by atoms with Crippen LogP contribution in [-0.4, -0.2) is 12.5 Å². The number of hydrogen-bond donors (Lipinski definition) is 2. The van der Waals surface area contributed by atoms with Gasteiger partial charge in [-0.1, -0.05) is 13.0 Å². The SMILES string of the molecule is CCCNC(=O)c1cc(S)ccc1C. The van der Waals surface area contributed by atoms with Gasteiger partial charge in [-0.25, -0.2) is 0 Å². The predicted octanol–water partition coefficient (Wildman–Crippen LogP) is 2.42. The predicted molar refractivity (Wildman–Crippen MR) is 61.1 cm³/mol. The third kappa shape index (κ3) is 2.77. The van der Waals surface area contributed by atoms with Crippen molar-refractivity contribution in [2.75, 3.05) is 6.54 Å². The number of carbonyl (C=O) groups is 1. The van der Waals surface area contributed by atoms with Gasteiger partial charge in [0.1, 0.15) is 0 Å². The lowest BCUT2D eigenvalue weighted by Gasteiger charge is -2.06. The molecule has 0 bridgehead atoms. The van der Waals surface area contributed by atoms with Gasteiger partial charge in [0.2, 0.25) is 0 Å². The molecule has 0 saturated carbocycles. The molecule has 0 radical (unpaired) electrons. The van der Waals surface area contributed by atoms with E-state index in [9.17, 15) is 4.79 Å². The van der Waals surface area contributed by atoms with Gasteiger partial charge in [0.25, 0.3) is 5.91 Å². The molecule has 0 aliphatic heterocycles. The molecular weight excluding hydrogens is 194 g/mol. The first-order chi connectivity index (χ1) is 6.65. The minimum Gasteiger partial charge on any atom is -0.352 e. The topological polar surface area (TPSA) is 29.1 Å². The van der Waals surface area contributed by atoms with Gasteiger partial charge in [0, 0.05) is 17.0 Å². The Morgan fingerprint density at radius 1 is 1.50 bits per heavy atom. The van der Waals surface area contributed by atoms with Gasteiger partial charge in [-0.2, -0.15) is 0 Å². The van der Waals surface area contributed by atoms with E-state index in [0.29, 0.717) is 5.56 Å². The van der Waals surface area contributed by atoms with Gasteiger partial charge in [0.05, 0.1) is 0 Å². The summed E-state index contributed by atoms with van der Waals surface area (Å²) in [5, 5.41) is 2.84. The van der Waals surface area contributed by atoms with Crippen LogP contribution < -0.4 is 5.32 Å². The second-order valence-electron chi connectivity index (χ2n) is 3.26. The number of benzene rings is 1. The summed E-state index contributed by atoms with van der Waals surface area (Å²) in [6, 6.07) is 5.58. The third-order valence-electron chi connectivity index (χ3n) is 2.00. The zero-order chi connectivity index (χ0) is 10.6. The van der Waals surface area contributed by atoms with Crippen molar-refractivity contribution in [1.82, 2.24) is 5.32 Å². The first-order valence-corrected chi connectivity index (χ1v) is 5.17. The van der Waals surface area contributed by atoms with E-state index in [1.54, 1.807) is 6.07 Å². The molecule has 0 aliphatic rings. The van der Waals surface area contributed by atoms with Crippen LogP contribution in [0.15, 0.2) is 23.1 Å². The Bertz CT molecular complexity index is 336. The molecule has 1 amide bonds. The summed E-state index contributed by atoms with van der Waals surface area (Å²) >= 11 is 4.21. The standard InChI is InChI=1S/C11H15NOS/c1-3-6-12-11(13)10-7-9(14)5-4-8(10)2/h4-5,7,14H,3,6H2,1-2H3,(H,12,13). The lowest BCUT2D eigenvalue weighted by molar-refractivity contribution is 0.0953. The molecule has 14 heavy (non-hydrogen) atoms. The second-order valence-corrected chi connectivity index (χ2v) is 3.77. The van der Waals surface area contributed by atoms with Crippen molar-refractivity contribution >= 4 is 18.5 Å². The highest BCUT2D eigenvalue weighted by molar-refractivity contribution is 7.80. The summed E-state index contributed by atoms with van der Waals surface area (Å²) in [6.45, 7) is 4.67. The van der Waals surface area contributed by atoms with Crippen LogP contribution in [0.4, 0.5) is 0 Å². The summed E-state index contributed by atoms with van der Waals surface area (Å²) in [5.74, 6) is -0.0137. The highest BCUT2D eigenvalue weighted by atomic mass is 32.1. The van der Waals surface area contributed by atoms with E-state index in [2.05, 4.69) is 17.9 Å². The molecule has 0 aliphatic carbocycles. The fourth-order valence-electron chi connectivity index (χ4n) is 1.19. The first-order valence-electron chi connectivity index (χ1n) is 4.73. The smallest absolute Gasteiger partial charge is 0.251 e. The summed E-state index contributed by atoms with van der Waals surface area (Å²) < 4.78 is 0. The van der Waals surface area contributed by atoms with Crippen molar-refractivity contribution in [1.29, 1.82) is 0 Å². The molecular formula is C11H15NOS. The number of aryl methyl sites for hydroxylation is 1. The highest BCUT2D eigenvalue weighted by Gasteiger charge is 2.07. The second kappa shape index (κ2) is 5.05. The fourth-order valence-corrected chi connectivity index (χ4v) is 1.39. The Kier molecular flexibility index (Phi) is 4.01. The molecule has 0 unspecified atom stereocenters. The summed E-state index contributed by atoms with van der Waals surface area (Å²) in [7, 11) is 0. The largest absolute Gasteiger partial charge is 0.352 e. The maximum atomic E-state index is 11.6. The van der Waals surface area contributed by atoms with E-state index in [-0.39, 0.29) is 5.91 Å². The Balaban J connectivity index is 2.83. The number of nitrogens with one attached hydrogen (secondary N) is 1. The zero-order valence-corrected chi connectivity index (χ0v) is 9.40. The van der Waals surface area contributed by atoms with Crippen LogP contribution in [-0.2, 0) is 0 Å². The summed E-state index contributed by atoms with van der Waals surface area (Å²) in [5.41, 5.74) is 1.70. The van der Waals surface area contributed by atoms with Crippen LogP contribution in [0.3, 0.4) is 0 Å². The number of thiol groups is 1. The van der Waals surface area contributed by atoms with Crippen LogP contribution in [0, 0.1) is 6.92 Å². The van der Waals surface area contributed by atoms with Crippen molar-refractivity contribution in [2.45, 2.75) is 25.2 Å². The van der Waals surface area contributed by atoms with Crippen LogP contribution in [0.25, 0.3) is 0 Å². The Morgan fingerprint density at radius 3 is 2.86 bits per heavy atom. The number of hydrogen-bond acceptors (Lipinski definition) is 2. The van der Waals surface area contributed by atoms with E-state index < -0.39 is 0 Å². The molecule has 0 aromatic heterocycles. The van der Waals surface area contributed by atoms with E-state index >= 15 is 0 Å².